The number of esters is 3. The summed E-state index contributed by atoms with van der Waals surface area (Å²) in [5.74, 6) is -1.53. The Morgan fingerprint density at radius 2 is 0.650 bits per heavy atom. The molecule has 11 nitrogen and oxygen atoms in total. The lowest BCUT2D eigenvalue weighted by Gasteiger charge is -2.21. The maximum atomic E-state index is 13.0. The van der Waals surface area contributed by atoms with Crippen molar-refractivity contribution in [1.29, 1.82) is 0 Å². The van der Waals surface area contributed by atoms with Crippen LogP contribution in [-0.4, -0.2) is 66.5 Å². The minimum atomic E-state index is -4.78. The molecular weight excluding hydrogens is 1020 g/mol. The zero-order valence-corrected chi connectivity index (χ0v) is 51.4. The number of carbonyl (C=O) groups excluding carboxylic acids is 3. The third-order valence-corrected chi connectivity index (χ3v) is 13.8. The first kappa shape index (κ1) is 75.9. The van der Waals surface area contributed by atoms with E-state index in [-0.39, 0.29) is 25.9 Å². The highest BCUT2D eigenvalue weighted by Gasteiger charge is 2.28. The van der Waals surface area contributed by atoms with E-state index in [1.54, 1.807) is 0 Å². The van der Waals surface area contributed by atoms with Gasteiger partial charge in [-0.2, -0.15) is 0 Å². The van der Waals surface area contributed by atoms with E-state index in [4.69, 9.17) is 23.3 Å². The standard InChI is InChI=1S/C68H113O11P/c1-4-7-10-13-16-19-22-25-28-30-32-34-37-39-42-45-48-51-54-57-66(70)75-61-65(79-68(72)59-56-53-50-47-44-41-38-35-33-31-29-26-23-20-17-14-11-8-5-2)63-77-80(73,74)76-62-64(60-69)78-67(71)58-55-52-49-46-43-40-36-27-24-21-18-15-12-9-6-3/h7,9-10,12,16-21,25-29,32,34,36,43,46,64-65,69H,4-6,8,11,13-15,22-24,30-31,33,35,37-42,44-45,47-63H2,1-3H3,(H,73,74)/b10-7-,12-9-,19-16-,20-17-,21-18-,28-25-,29-26-,34-32-,36-27-,46-43-. The molecule has 0 spiro atoms. The first-order valence-electron chi connectivity index (χ1n) is 31.4. The van der Waals surface area contributed by atoms with Gasteiger partial charge in [0, 0.05) is 19.3 Å². The average Bonchev–Trinajstić information content (AvgIpc) is 3.45. The molecule has 3 atom stereocenters. The number of aliphatic hydroxyl groups is 1. The molecule has 2 N–H and O–H groups in total. The number of phosphoric acid groups is 1. The van der Waals surface area contributed by atoms with Crippen LogP contribution in [0.15, 0.2) is 122 Å². The van der Waals surface area contributed by atoms with Gasteiger partial charge in [-0.25, -0.2) is 4.57 Å². The summed E-state index contributed by atoms with van der Waals surface area (Å²) in [6.07, 6.45) is 75.8. The van der Waals surface area contributed by atoms with Crippen LogP contribution in [0.25, 0.3) is 0 Å². The normalized spacial score (nSPS) is 14.1. The van der Waals surface area contributed by atoms with Crippen LogP contribution in [0.1, 0.15) is 252 Å². The van der Waals surface area contributed by atoms with E-state index in [2.05, 4.69) is 142 Å². The highest BCUT2D eigenvalue weighted by atomic mass is 31.2. The molecule has 0 fully saturated rings. The first-order valence-corrected chi connectivity index (χ1v) is 32.9. The average molecular weight is 1140 g/mol. The Morgan fingerprint density at radius 3 is 1.02 bits per heavy atom. The van der Waals surface area contributed by atoms with Gasteiger partial charge in [0.1, 0.15) is 12.7 Å². The lowest BCUT2D eigenvalue weighted by Crippen LogP contribution is -2.30. The molecule has 0 saturated carbocycles. The van der Waals surface area contributed by atoms with Crippen molar-refractivity contribution in [3.05, 3.63) is 122 Å². The first-order chi connectivity index (χ1) is 39.2. The molecule has 0 saturated heterocycles. The Bertz CT molecular complexity index is 1800. The molecule has 0 radical (unpaired) electrons. The Morgan fingerprint density at radius 1 is 0.362 bits per heavy atom. The molecule has 0 rings (SSSR count). The van der Waals surface area contributed by atoms with Gasteiger partial charge in [0.25, 0.3) is 0 Å². The molecule has 456 valence electrons. The third kappa shape index (κ3) is 58.5. The molecule has 12 heteroatoms. The zero-order chi connectivity index (χ0) is 58.3. The maximum Gasteiger partial charge on any atom is 0.472 e. The fraction of sp³-hybridized carbons (Fsp3) is 0.662. The van der Waals surface area contributed by atoms with Gasteiger partial charge in [-0.3, -0.25) is 23.4 Å². The maximum absolute atomic E-state index is 13.0. The molecule has 0 aromatic heterocycles. The van der Waals surface area contributed by atoms with Crippen molar-refractivity contribution in [1.82, 2.24) is 0 Å². The summed E-state index contributed by atoms with van der Waals surface area (Å²) >= 11 is 0. The van der Waals surface area contributed by atoms with E-state index in [0.29, 0.717) is 19.3 Å². The number of allylic oxidation sites excluding steroid dienone is 20. The minimum Gasteiger partial charge on any atom is -0.462 e. The Balaban J connectivity index is 4.79. The summed E-state index contributed by atoms with van der Waals surface area (Å²) < 4.78 is 39.6. The molecule has 80 heavy (non-hydrogen) atoms. The van der Waals surface area contributed by atoms with E-state index in [1.807, 2.05) is 0 Å². The van der Waals surface area contributed by atoms with Gasteiger partial charge in [-0.1, -0.05) is 226 Å². The number of hydrogen-bond donors (Lipinski definition) is 2. The quantitative estimate of drug-likeness (QED) is 0.0197. The lowest BCUT2D eigenvalue weighted by atomic mass is 10.1. The van der Waals surface area contributed by atoms with Crippen LogP contribution in [0.5, 0.6) is 0 Å². The molecule has 0 bridgehead atoms. The summed E-state index contributed by atoms with van der Waals surface area (Å²) in [5, 5.41) is 9.83. The molecule has 0 aliphatic rings. The summed E-state index contributed by atoms with van der Waals surface area (Å²) in [6.45, 7) is 4.33. The van der Waals surface area contributed by atoms with Gasteiger partial charge in [-0.05, 0) is 128 Å². The van der Waals surface area contributed by atoms with E-state index in [0.717, 1.165) is 135 Å². The summed E-state index contributed by atoms with van der Waals surface area (Å²) in [5.41, 5.74) is 0. The molecule has 3 unspecified atom stereocenters. The summed E-state index contributed by atoms with van der Waals surface area (Å²) in [4.78, 5) is 48.7. The highest BCUT2D eigenvalue weighted by Crippen LogP contribution is 2.43. The number of hydrogen-bond acceptors (Lipinski definition) is 10. The van der Waals surface area contributed by atoms with Crippen LogP contribution in [-0.2, 0) is 42.2 Å². The largest absolute Gasteiger partial charge is 0.472 e. The SMILES string of the molecule is CC/C=C\C/C=C\C/C=C\C/C=C\CCCCCCCCC(=O)OCC(COP(=O)(O)OCC(CO)OC(=O)CCCC/C=C\C/C=C\C/C=C\C/C=C\CC)OC(=O)CCCCCCCCCCC/C=C\C/C=C\CCCCC. The van der Waals surface area contributed by atoms with Crippen molar-refractivity contribution < 1.29 is 52.2 Å². The molecule has 0 aromatic carbocycles. The van der Waals surface area contributed by atoms with Crippen molar-refractivity contribution in [2.24, 2.45) is 0 Å². The van der Waals surface area contributed by atoms with E-state index < -0.39 is 57.8 Å². The number of rotatable bonds is 57. The molecular formula is C68H113O11P. The zero-order valence-electron chi connectivity index (χ0n) is 50.5. The van der Waals surface area contributed by atoms with E-state index in [1.165, 1.54) is 57.8 Å². The van der Waals surface area contributed by atoms with Gasteiger partial charge in [0.2, 0.25) is 0 Å². The predicted octanol–water partition coefficient (Wildman–Crippen LogP) is 19.1. The molecule has 0 amide bonds. The molecule has 0 heterocycles. The smallest absolute Gasteiger partial charge is 0.462 e. The Hall–Kier alpha value is -4.12. The fourth-order valence-electron chi connectivity index (χ4n) is 8.13. The van der Waals surface area contributed by atoms with Crippen molar-refractivity contribution >= 4 is 25.7 Å². The number of carbonyl (C=O) groups is 3. The number of aliphatic hydroxyl groups excluding tert-OH is 1. The second kappa shape index (κ2) is 61.0. The van der Waals surface area contributed by atoms with Crippen molar-refractivity contribution in [2.45, 2.75) is 264 Å². The van der Waals surface area contributed by atoms with E-state index >= 15 is 0 Å². The third-order valence-electron chi connectivity index (χ3n) is 12.8. The lowest BCUT2D eigenvalue weighted by molar-refractivity contribution is -0.161. The number of unbranched alkanes of at least 4 members (excludes halogenated alkanes) is 20. The number of ether oxygens (including phenoxy) is 3. The fourth-order valence-corrected chi connectivity index (χ4v) is 8.92. The Labute approximate surface area is 487 Å². The monoisotopic (exact) mass is 1140 g/mol. The van der Waals surface area contributed by atoms with Gasteiger partial charge in [0.05, 0.1) is 19.8 Å². The second-order valence-corrected chi connectivity index (χ2v) is 21.9. The van der Waals surface area contributed by atoms with E-state index in [9.17, 15) is 28.9 Å². The van der Waals surface area contributed by atoms with Gasteiger partial charge in [-0.15, -0.1) is 0 Å². The van der Waals surface area contributed by atoms with Crippen molar-refractivity contribution in [3.8, 4) is 0 Å². The van der Waals surface area contributed by atoms with Crippen LogP contribution in [0, 0.1) is 0 Å². The topological polar surface area (TPSA) is 155 Å². The van der Waals surface area contributed by atoms with Crippen LogP contribution in [0.2, 0.25) is 0 Å². The van der Waals surface area contributed by atoms with Gasteiger partial charge in [0.15, 0.2) is 6.10 Å². The molecule has 0 aliphatic carbocycles. The second-order valence-electron chi connectivity index (χ2n) is 20.5. The van der Waals surface area contributed by atoms with Crippen LogP contribution >= 0.6 is 7.82 Å². The predicted molar refractivity (Wildman–Crippen MR) is 334 cm³/mol. The van der Waals surface area contributed by atoms with Gasteiger partial charge >= 0.3 is 25.7 Å². The Kier molecular flexibility index (Phi) is 57.8. The van der Waals surface area contributed by atoms with Crippen molar-refractivity contribution in [2.75, 3.05) is 26.4 Å². The van der Waals surface area contributed by atoms with Crippen LogP contribution in [0.3, 0.4) is 0 Å². The highest BCUT2D eigenvalue weighted by molar-refractivity contribution is 7.47. The molecule has 0 aromatic rings. The van der Waals surface area contributed by atoms with Gasteiger partial charge < -0.3 is 24.2 Å². The van der Waals surface area contributed by atoms with Crippen LogP contribution in [0.4, 0.5) is 0 Å². The summed E-state index contributed by atoms with van der Waals surface area (Å²) in [6, 6.07) is 0. The summed E-state index contributed by atoms with van der Waals surface area (Å²) in [7, 11) is -4.78. The minimum absolute atomic E-state index is 0.118. The number of phosphoric ester groups is 1. The van der Waals surface area contributed by atoms with Crippen LogP contribution < -0.4 is 0 Å². The van der Waals surface area contributed by atoms with Crippen molar-refractivity contribution in [3.63, 3.8) is 0 Å². The molecule has 0 aliphatic heterocycles.